The summed E-state index contributed by atoms with van der Waals surface area (Å²) in [6.07, 6.45) is 0. The molecule has 33 heavy (non-hydrogen) atoms. The fourth-order valence-corrected chi connectivity index (χ4v) is 4.33. The zero-order valence-electron chi connectivity index (χ0n) is 17.9. The van der Waals surface area contributed by atoms with E-state index in [1.54, 1.807) is 18.2 Å². The molecule has 0 bridgehead atoms. The Bertz CT molecular complexity index is 1270. The van der Waals surface area contributed by atoms with Crippen LogP contribution in [0.15, 0.2) is 59.8 Å². The normalized spacial score (nSPS) is 10.9. The average Bonchev–Trinajstić information content (AvgIpc) is 3.21. The molecule has 0 unspecified atom stereocenters. The number of hydrogen-bond acceptors (Lipinski definition) is 6. The highest BCUT2D eigenvalue weighted by Crippen LogP contribution is 2.24. The van der Waals surface area contributed by atoms with Crippen molar-refractivity contribution in [1.82, 2.24) is 30.3 Å². The highest BCUT2D eigenvalue weighted by atomic mass is 35.5. The molecule has 0 saturated carbocycles. The van der Waals surface area contributed by atoms with Gasteiger partial charge in [0, 0.05) is 28.7 Å². The SMILES string of the molecule is Cc1cc(C)nc(SCc2c(C(=O)NCc3ccccc3Cl)nnn2-c2ccc(F)cc2)n1. The maximum absolute atomic E-state index is 13.4. The van der Waals surface area contributed by atoms with E-state index < -0.39 is 0 Å². The number of carbonyl (C=O) groups excluding carboxylic acids is 1. The quantitative estimate of drug-likeness (QED) is 0.304. The average molecular weight is 483 g/mol. The molecule has 4 aromatic rings. The molecule has 0 radical (unpaired) electrons. The van der Waals surface area contributed by atoms with Crippen LogP contribution >= 0.6 is 23.4 Å². The van der Waals surface area contributed by atoms with Crippen molar-refractivity contribution in [3.63, 3.8) is 0 Å². The monoisotopic (exact) mass is 482 g/mol. The lowest BCUT2D eigenvalue weighted by atomic mass is 10.2. The van der Waals surface area contributed by atoms with E-state index in [4.69, 9.17) is 11.6 Å². The van der Waals surface area contributed by atoms with Gasteiger partial charge in [-0.05, 0) is 55.8 Å². The van der Waals surface area contributed by atoms with Gasteiger partial charge in [-0.1, -0.05) is 46.8 Å². The summed E-state index contributed by atoms with van der Waals surface area (Å²) in [6, 6.07) is 15.0. The van der Waals surface area contributed by atoms with Crippen LogP contribution in [0.25, 0.3) is 5.69 Å². The molecule has 0 aliphatic heterocycles. The molecule has 0 spiro atoms. The van der Waals surface area contributed by atoms with Crippen LogP contribution in [0.3, 0.4) is 0 Å². The van der Waals surface area contributed by atoms with Gasteiger partial charge in [0.15, 0.2) is 10.9 Å². The van der Waals surface area contributed by atoms with Crippen molar-refractivity contribution < 1.29 is 9.18 Å². The molecule has 4 rings (SSSR count). The maximum atomic E-state index is 13.4. The summed E-state index contributed by atoms with van der Waals surface area (Å²) in [5, 5.41) is 12.3. The van der Waals surface area contributed by atoms with Crippen molar-refractivity contribution in [2.24, 2.45) is 0 Å². The first-order valence-electron chi connectivity index (χ1n) is 10.1. The summed E-state index contributed by atoms with van der Waals surface area (Å²) in [4.78, 5) is 21.9. The molecule has 2 aromatic heterocycles. The third-order valence-corrected chi connectivity index (χ3v) is 5.97. The number of amides is 1. The fourth-order valence-electron chi connectivity index (χ4n) is 3.19. The lowest BCUT2D eigenvalue weighted by Crippen LogP contribution is -2.24. The molecule has 168 valence electrons. The number of halogens is 2. The zero-order valence-corrected chi connectivity index (χ0v) is 19.5. The molecule has 0 saturated heterocycles. The minimum Gasteiger partial charge on any atom is -0.346 e. The Labute approximate surface area is 199 Å². The van der Waals surface area contributed by atoms with Crippen LogP contribution < -0.4 is 5.32 Å². The van der Waals surface area contributed by atoms with Gasteiger partial charge in [0.1, 0.15) is 5.82 Å². The van der Waals surface area contributed by atoms with Crippen LogP contribution in [0.4, 0.5) is 4.39 Å². The van der Waals surface area contributed by atoms with Gasteiger partial charge in [-0.25, -0.2) is 19.0 Å². The van der Waals surface area contributed by atoms with Gasteiger partial charge < -0.3 is 5.32 Å². The zero-order chi connectivity index (χ0) is 23.4. The Hall–Kier alpha value is -3.30. The van der Waals surface area contributed by atoms with Gasteiger partial charge >= 0.3 is 0 Å². The Morgan fingerprint density at radius 2 is 1.79 bits per heavy atom. The van der Waals surface area contributed by atoms with Crippen LogP contribution in [0.1, 0.15) is 33.1 Å². The summed E-state index contributed by atoms with van der Waals surface area (Å²) in [5.41, 5.74) is 3.80. The predicted octanol–water partition coefficient (Wildman–Crippen LogP) is 4.69. The lowest BCUT2D eigenvalue weighted by molar-refractivity contribution is 0.0945. The molecule has 0 aliphatic rings. The summed E-state index contributed by atoms with van der Waals surface area (Å²) in [6.45, 7) is 4.04. The Balaban J connectivity index is 1.62. The van der Waals surface area contributed by atoms with Crippen LogP contribution in [0, 0.1) is 19.7 Å². The fraction of sp³-hybridized carbons (Fsp3) is 0.174. The van der Waals surface area contributed by atoms with Crippen molar-refractivity contribution in [3.8, 4) is 5.69 Å². The first kappa shape index (κ1) is 22.9. The summed E-state index contributed by atoms with van der Waals surface area (Å²) in [5.74, 6) is -0.418. The molecular formula is C23H20ClFN6OS. The van der Waals surface area contributed by atoms with E-state index in [2.05, 4.69) is 25.6 Å². The predicted molar refractivity (Wildman–Crippen MR) is 125 cm³/mol. The van der Waals surface area contributed by atoms with Crippen molar-refractivity contribution >= 4 is 29.3 Å². The van der Waals surface area contributed by atoms with Crippen molar-refractivity contribution in [2.45, 2.75) is 31.3 Å². The third-order valence-electron chi connectivity index (χ3n) is 4.75. The number of benzene rings is 2. The van der Waals surface area contributed by atoms with Crippen LogP contribution in [-0.2, 0) is 12.3 Å². The summed E-state index contributed by atoms with van der Waals surface area (Å²) < 4.78 is 15.0. The summed E-state index contributed by atoms with van der Waals surface area (Å²) in [7, 11) is 0. The molecule has 0 atom stereocenters. The molecule has 7 nitrogen and oxygen atoms in total. The maximum Gasteiger partial charge on any atom is 0.274 e. The third kappa shape index (κ3) is 5.55. The van der Waals surface area contributed by atoms with E-state index in [1.165, 1.54) is 28.6 Å². The van der Waals surface area contributed by atoms with E-state index in [1.807, 2.05) is 38.1 Å². The van der Waals surface area contributed by atoms with Gasteiger partial charge in [-0.3, -0.25) is 4.79 Å². The Morgan fingerprint density at radius 3 is 2.48 bits per heavy atom. The first-order valence-corrected chi connectivity index (χ1v) is 11.4. The van der Waals surface area contributed by atoms with Gasteiger partial charge in [-0.2, -0.15) is 0 Å². The van der Waals surface area contributed by atoms with Crippen molar-refractivity contribution in [3.05, 3.63) is 93.8 Å². The number of hydrogen-bond donors (Lipinski definition) is 1. The van der Waals surface area contributed by atoms with Gasteiger partial charge in [-0.15, -0.1) is 5.10 Å². The molecular weight excluding hydrogens is 463 g/mol. The first-order chi connectivity index (χ1) is 15.9. The van der Waals surface area contributed by atoms with E-state index in [9.17, 15) is 9.18 Å². The van der Waals surface area contributed by atoms with Crippen LogP contribution in [0.2, 0.25) is 5.02 Å². The van der Waals surface area contributed by atoms with E-state index in [-0.39, 0.29) is 24.0 Å². The molecule has 0 aliphatic carbocycles. The minimum atomic E-state index is -0.389. The molecule has 1 N–H and O–H groups in total. The standard InChI is InChI=1S/C23H20ClFN6OS/c1-14-11-15(2)28-23(27-14)33-13-20-21(22(32)26-12-16-5-3-4-6-19(16)24)29-30-31(20)18-9-7-17(25)8-10-18/h3-11H,12-13H2,1-2H3,(H,26,32). The molecule has 2 heterocycles. The largest absolute Gasteiger partial charge is 0.346 e. The van der Waals surface area contributed by atoms with Gasteiger partial charge in [0.05, 0.1) is 11.4 Å². The number of nitrogens with one attached hydrogen (secondary N) is 1. The van der Waals surface area contributed by atoms with Gasteiger partial charge in [0.2, 0.25) is 0 Å². The number of nitrogens with zero attached hydrogens (tertiary/aromatic N) is 5. The number of thioether (sulfide) groups is 1. The Kier molecular flexibility index (Phi) is 7.00. The second-order valence-corrected chi connectivity index (χ2v) is 8.62. The number of aryl methyl sites for hydroxylation is 2. The minimum absolute atomic E-state index is 0.170. The molecule has 1 amide bonds. The molecule has 10 heteroatoms. The Morgan fingerprint density at radius 1 is 1.09 bits per heavy atom. The van der Waals surface area contributed by atoms with E-state index >= 15 is 0 Å². The van der Waals surface area contributed by atoms with E-state index in [0.29, 0.717) is 27.3 Å². The number of aromatic nitrogens is 5. The van der Waals surface area contributed by atoms with Crippen molar-refractivity contribution in [2.75, 3.05) is 0 Å². The molecule has 2 aromatic carbocycles. The van der Waals surface area contributed by atoms with Crippen LogP contribution in [-0.4, -0.2) is 30.9 Å². The highest BCUT2D eigenvalue weighted by Gasteiger charge is 2.21. The summed E-state index contributed by atoms with van der Waals surface area (Å²) >= 11 is 7.56. The smallest absolute Gasteiger partial charge is 0.274 e. The number of carbonyl (C=O) groups is 1. The topological polar surface area (TPSA) is 85.6 Å². The number of rotatable bonds is 7. The molecule has 0 fully saturated rings. The second-order valence-electron chi connectivity index (χ2n) is 7.27. The van der Waals surface area contributed by atoms with E-state index in [0.717, 1.165) is 17.0 Å². The van der Waals surface area contributed by atoms with Crippen LogP contribution in [0.5, 0.6) is 0 Å². The second kappa shape index (κ2) is 10.1. The van der Waals surface area contributed by atoms with Crippen molar-refractivity contribution in [1.29, 1.82) is 0 Å². The van der Waals surface area contributed by atoms with Gasteiger partial charge in [0.25, 0.3) is 5.91 Å². The lowest BCUT2D eigenvalue weighted by Gasteiger charge is -2.09. The highest BCUT2D eigenvalue weighted by molar-refractivity contribution is 7.98.